The lowest BCUT2D eigenvalue weighted by atomic mass is 9.94. The van der Waals surface area contributed by atoms with E-state index in [-0.39, 0.29) is 25.5 Å². The molecule has 1 aliphatic rings. The second-order valence-electron chi connectivity index (χ2n) is 6.45. The number of primary amides is 1. The van der Waals surface area contributed by atoms with Crippen molar-refractivity contribution in [2.75, 3.05) is 19.7 Å². The van der Waals surface area contributed by atoms with Crippen LogP contribution in [-0.2, 0) is 25.7 Å². The van der Waals surface area contributed by atoms with Crippen LogP contribution in [0, 0.1) is 5.92 Å². The predicted octanol–water partition coefficient (Wildman–Crippen LogP) is 2.23. The molecule has 0 spiro atoms. The summed E-state index contributed by atoms with van der Waals surface area (Å²) in [5.41, 5.74) is 5.96. The van der Waals surface area contributed by atoms with Crippen molar-refractivity contribution in [1.82, 2.24) is 4.90 Å². The lowest BCUT2D eigenvalue weighted by Gasteiger charge is -2.31. The maximum absolute atomic E-state index is 12.1. The molecule has 1 fully saturated rings. The SMILES string of the molecule is NC(=O)CCC(=O)OCCC1CCN(C(=O)OCc2ccccc2)CC1. The zero-order chi connectivity index (χ0) is 18.8. The first-order valence-electron chi connectivity index (χ1n) is 8.94. The predicted molar refractivity (Wildman–Crippen MR) is 94.9 cm³/mol. The molecule has 2 N–H and O–H groups in total. The molecule has 1 heterocycles. The molecule has 0 saturated carbocycles. The van der Waals surface area contributed by atoms with Crippen molar-refractivity contribution in [1.29, 1.82) is 0 Å². The molecule has 2 amide bonds. The number of hydrogen-bond acceptors (Lipinski definition) is 5. The minimum atomic E-state index is -0.506. The fourth-order valence-electron chi connectivity index (χ4n) is 2.85. The first-order chi connectivity index (χ1) is 12.5. The van der Waals surface area contributed by atoms with Crippen LogP contribution in [0.3, 0.4) is 0 Å². The van der Waals surface area contributed by atoms with E-state index in [0.717, 1.165) is 24.8 Å². The van der Waals surface area contributed by atoms with E-state index in [2.05, 4.69) is 0 Å². The molecule has 7 nitrogen and oxygen atoms in total. The van der Waals surface area contributed by atoms with Crippen molar-refractivity contribution in [3.05, 3.63) is 35.9 Å². The van der Waals surface area contributed by atoms with E-state index in [9.17, 15) is 14.4 Å². The van der Waals surface area contributed by atoms with E-state index >= 15 is 0 Å². The Kier molecular flexibility index (Phi) is 7.92. The zero-order valence-corrected chi connectivity index (χ0v) is 14.9. The van der Waals surface area contributed by atoms with Crippen molar-refractivity contribution in [2.45, 2.75) is 38.7 Å². The van der Waals surface area contributed by atoms with E-state index in [0.29, 0.717) is 25.6 Å². The number of hydrogen-bond donors (Lipinski definition) is 1. The van der Waals surface area contributed by atoms with Crippen LogP contribution in [0.5, 0.6) is 0 Å². The van der Waals surface area contributed by atoms with Gasteiger partial charge in [-0.3, -0.25) is 9.59 Å². The highest BCUT2D eigenvalue weighted by Gasteiger charge is 2.23. The maximum Gasteiger partial charge on any atom is 0.410 e. The van der Waals surface area contributed by atoms with Crippen LogP contribution in [0.15, 0.2) is 30.3 Å². The fourth-order valence-corrected chi connectivity index (χ4v) is 2.85. The first-order valence-corrected chi connectivity index (χ1v) is 8.94. The van der Waals surface area contributed by atoms with Crippen LogP contribution in [-0.4, -0.2) is 42.6 Å². The van der Waals surface area contributed by atoms with Crippen molar-refractivity contribution in [2.24, 2.45) is 11.7 Å². The van der Waals surface area contributed by atoms with Gasteiger partial charge in [-0.1, -0.05) is 30.3 Å². The number of carbonyl (C=O) groups excluding carboxylic acids is 3. The number of rotatable bonds is 8. The Morgan fingerprint density at radius 1 is 1.04 bits per heavy atom. The third kappa shape index (κ3) is 7.13. The molecule has 1 aromatic carbocycles. The number of nitrogens with two attached hydrogens (primary N) is 1. The van der Waals surface area contributed by atoms with Crippen LogP contribution in [0.4, 0.5) is 4.79 Å². The summed E-state index contributed by atoms with van der Waals surface area (Å²) in [4.78, 5) is 35.9. The number of piperidine rings is 1. The normalized spacial score (nSPS) is 14.7. The van der Waals surface area contributed by atoms with Gasteiger partial charge in [0.2, 0.25) is 5.91 Å². The topological polar surface area (TPSA) is 98.9 Å². The molecule has 26 heavy (non-hydrogen) atoms. The van der Waals surface area contributed by atoms with Crippen molar-refractivity contribution in [3.63, 3.8) is 0 Å². The van der Waals surface area contributed by atoms with Crippen LogP contribution in [0.2, 0.25) is 0 Å². The summed E-state index contributed by atoms with van der Waals surface area (Å²) in [6.45, 7) is 1.91. The Morgan fingerprint density at radius 3 is 2.38 bits per heavy atom. The van der Waals surface area contributed by atoms with Gasteiger partial charge in [-0.2, -0.15) is 0 Å². The summed E-state index contributed by atoms with van der Waals surface area (Å²) in [7, 11) is 0. The number of carbonyl (C=O) groups is 3. The molecule has 1 saturated heterocycles. The van der Waals surface area contributed by atoms with Crippen LogP contribution >= 0.6 is 0 Å². The van der Waals surface area contributed by atoms with E-state index in [1.165, 1.54) is 0 Å². The Bertz CT molecular complexity index is 597. The summed E-state index contributed by atoms with van der Waals surface area (Å²) in [6.07, 6.45) is 2.24. The van der Waals surface area contributed by atoms with Gasteiger partial charge in [-0.05, 0) is 30.7 Å². The standard InChI is InChI=1S/C19H26N2O5/c20-17(22)6-7-18(23)25-13-10-15-8-11-21(12-9-15)19(24)26-14-16-4-2-1-3-5-16/h1-5,15H,6-14H2,(H2,20,22). The van der Waals surface area contributed by atoms with Gasteiger partial charge < -0.3 is 20.1 Å². The van der Waals surface area contributed by atoms with Crippen molar-refractivity contribution in [3.8, 4) is 0 Å². The molecule has 0 atom stereocenters. The highest BCUT2D eigenvalue weighted by Crippen LogP contribution is 2.21. The number of ether oxygens (including phenoxy) is 2. The lowest BCUT2D eigenvalue weighted by Crippen LogP contribution is -2.39. The lowest BCUT2D eigenvalue weighted by molar-refractivity contribution is -0.145. The van der Waals surface area contributed by atoms with E-state index in [1.54, 1.807) is 4.90 Å². The summed E-state index contributed by atoms with van der Waals surface area (Å²) in [5.74, 6) is -0.490. The molecule has 7 heteroatoms. The van der Waals surface area contributed by atoms with Gasteiger partial charge in [-0.25, -0.2) is 4.79 Å². The van der Waals surface area contributed by atoms with E-state index in [1.807, 2.05) is 30.3 Å². The Labute approximate surface area is 153 Å². The number of likely N-dealkylation sites (tertiary alicyclic amines) is 1. The van der Waals surface area contributed by atoms with Gasteiger partial charge in [0.25, 0.3) is 0 Å². The minimum absolute atomic E-state index is 0.0162. The van der Waals surface area contributed by atoms with Gasteiger partial charge in [0.05, 0.1) is 13.0 Å². The van der Waals surface area contributed by atoms with Crippen LogP contribution in [0.1, 0.15) is 37.7 Å². The van der Waals surface area contributed by atoms with E-state index < -0.39 is 11.9 Å². The second-order valence-corrected chi connectivity index (χ2v) is 6.45. The van der Waals surface area contributed by atoms with Gasteiger partial charge in [0, 0.05) is 19.5 Å². The molecule has 0 bridgehead atoms. The average Bonchev–Trinajstić information content (AvgIpc) is 2.66. The largest absolute Gasteiger partial charge is 0.466 e. The monoisotopic (exact) mass is 362 g/mol. The fraction of sp³-hybridized carbons (Fsp3) is 0.526. The number of nitrogens with zero attached hydrogens (tertiary/aromatic N) is 1. The molecule has 0 aromatic heterocycles. The Morgan fingerprint density at radius 2 is 1.73 bits per heavy atom. The third-order valence-electron chi connectivity index (χ3n) is 4.44. The third-order valence-corrected chi connectivity index (χ3v) is 4.44. The maximum atomic E-state index is 12.1. The molecular formula is C19H26N2O5. The molecule has 0 unspecified atom stereocenters. The van der Waals surface area contributed by atoms with E-state index in [4.69, 9.17) is 15.2 Å². The van der Waals surface area contributed by atoms with Crippen molar-refractivity contribution < 1.29 is 23.9 Å². The molecule has 1 aromatic rings. The zero-order valence-electron chi connectivity index (χ0n) is 14.9. The molecule has 142 valence electrons. The molecule has 2 rings (SSSR count). The van der Waals surface area contributed by atoms with Crippen LogP contribution < -0.4 is 5.73 Å². The summed E-state index contributed by atoms with van der Waals surface area (Å²) < 4.78 is 10.4. The molecule has 0 aliphatic carbocycles. The van der Waals surface area contributed by atoms with Gasteiger partial charge in [0.1, 0.15) is 6.61 Å². The highest BCUT2D eigenvalue weighted by atomic mass is 16.6. The number of benzene rings is 1. The Balaban J connectivity index is 1.58. The summed E-state index contributed by atoms with van der Waals surface area (Å²) in [5, 5.41) is 0. The number of amides is 2. The minimum Gasteiger partial charge on any atom is -0.466 e. The van der Waals surface area contributed by atoms with Crippen molar-refractivity contribution >= 4 is 18.0 Å². The number of esters is 1. The molecule has 0 radical (unpaired) electrons. The quantitative estimate of drug-likeness (QED) is 0.715. The first kappa shape index (κ1) is 19.8. The van der Waals surface area contributed by atoms with Gasteiger partial charge in [0.15, 0.2) is 0 Å². The van der Waals surface area contributed by atoms with Gasteiger partial charge in [-0.15, -0.1) is 0 Å². The molecule has 1 aliphatic heterocycles. The van der Waals surface area contributed by atoms with Crippen LogP contribution in [0.25, 0.3) is 0 Å². The smallest absolute Gasteiger partial charge is 0.410 e. The average molecular weight is 362 g/mol. The molecular weight excluding hydrogens is 336 g/mol. The highest BCUT2D eigenvalue weighted by molar-refractivity contribution is 5.79. The summed E-state index contributed by atoms with van der Waals surface area (Å²) in [6, 6.07) is 9.59. The Hall–Kier alpha value is -2.57. The summed E-state index contributed by atoms with van der Waals surface area (Å²) >= 11 is 0. The second kappa shape index (κ2) is 10.4. The van der Waals surface area contributed by atoms with Gasteiger partial charge >= 0.3 is 12.1 Å².